The molecule has 1 heterocycles. The summed E-state index contributed by atoms with van der Waals surface area (Å²) in [5.41, 5.74) is 2.89. The van der Waals surface area contributed by atoms with Crippen LogP contribution in [-0.2, 0) is 0 Å². The largest absolute Gasteiger partial charge is 0.388 e. The van der Waals surface area contributed by atoms with Crippen LogP contribution in [0.25, 0.3) is 6.08 Å². The van der Waals surface area contributed by atoms with Crippen molar-refractivity contribution in [1.82, 2.24) is 5.53 Å². The summed E-state index contributed by atoms with van der Waals surface area (Å²) in [6.45, 7) is 3.72. The summed E-state index contributed by atoms with van der Waals surface area (Å²) in [6.07, 6.45) is 3.60. The summed E-state index contributed by atoms with van der Waals surface area (Å²) >= 11 is 0. The second-order valence-electron chi connectivity index (χ2n) is 5.49. The van der Waals surface area contributed by atoms with Crippen LogP contribution in [-0.4, -0.2) is 24.3 Å². The van der Waals surface area contributed by atoms with Gasteiger partial charge < -0.3 is 5.11 Å². The normalized spacial score (nSPS) is 19.8. The quantitative estimate of drug-likeness (QED) is 0.891. The van der Waals surface area contributed by atoms with Gasteiger partial charge in [0.05, 0.1) is 17.8 Å². The summed E-state index contributed by atoms with van der Waals surface area (Å²) in [6, 6.07) is 1.54. The van der Waals surface area contributed by atoms with Crippen molar-refractivity contribution in [3.8, 4) is 0 Å². The molecule has 4 nitrogen and oxygen atoms in total. The summed E-state index contributed by atoms with van der Waals surface area (Å²) in [4.78, 5) is 0. The minimum Gasteiger partial charge on any atom is -0.388 e. The van der Waals surface area contributed by atoms with Crippen molar-refractivity contribution in [2.24, 2.45) is 0 Å². The van der Waals surface area contributed by atoms with Crippen LogP contribution in [0.4, 0.5) is 20.2 Å². The Balaban J connectivity index is 2.01. The van der Waals surface area contributed by atoms with E-state index in [0.717, 1.165) is 6.42 Å². The highest BCUT2D eigenvalue weighted by molar-refractivity contribution is 5.78. The summed E-state index contributed by atoms with van der Waals surface area (Å²) in [5.74, 6) is -1.83. The summed E-state index contributed by atoms with van der Waals surface area (Å²) < 4.78 is 28.2. The minimum absolute atomic E-state index is 0.124. The topological polar surface area (TPSA) is 38.7 Å². The van der Waals surface area contributed by atoms with E-state index in [-0.39, 0.29) is 17.8 Å². The first-order valence-electron chi connectivity index (χ1n) is 6.59. The second-order valence-corrected chi connectivity index (χ2v) is 5.49. The first-order chi connectivity index (χ1) is 9.45. The number of hydrogen-bond donors (Lipinski definition) is 2. The van der Waals surface area contributed by atoms with Crippen LogP contribution >= 0.6 is 0 Å². The first kappa shape index (κ1) is 13.3. The molecule has 1 fully saturated rings. The molecule has 0 aromatic heterocycles. The van der Waals surface area contributed by atoms with Crippen LogP contribution in [0.1, 0.15) is 24.8 Å². The number of anilines is 2. The van der Waals surface area contributed by atoms with E-state index < -0.39 is 17.2 Å². The maximum atomic E-state index is 14.3. The third-order valence-corrected chi connectivity index (χ3v) is 4.05. The van der Waals surface area contributed by atoms with Crippen LogP contribution in [0, 0.1) is 11.6 Å². The fourth-order valence-corrected chi connectivity index (χ4v) is 2.72. The standard InChI is InChI=1S/C14H17F2N3O/c1-3-9-7-10-13(12(16)11(9)15)19(17-18(10)2)8-14(20)5-4-6-14/h3,7,17,20H,1,4-6,8H2,2H3. The molecule has 3 rings (SSSR count). The van der Waals surface area contributed by atoms with Crippen LogP contribution in [0.3, 0.4) is 0 Å². The molecule has 0 unspecified atom stereocenters. The molecule has 1 saturated carbocycles. The molecule has 0 atom stereocenters. The minimum atomic E-state index is -0.919. The van der Waals surface area contributed by atoms with Gasteiger partial charge in [0.2, 0.25) is 0 Å². The van der Waals surface area contributed by atoms with Crippen molar-refractivity contribution in [1.29, 1.82) is 0 Å². The maximum Gasteiger partial charge on any atom is 0.186 e. The Morgan fingerprint density at radius 1 is 1.45 bits per heavy atom. The Kier molecular flexibility index (Phi) is 2.95. The molecule has 6 heteroatoms. The maximum absolute atomic E-state index is 14.3. The van der Waals surface area contributed by atoms with Gasteiger partial charge in [-0.3, -0.25) is 10.0 Å². The van der Waals surface area contributed by atoms with E-state index in [9.17, 15) is 13.9 Å². The van der Waals surface area contributed by atoms with E-state index in [1.54, 1.807) is 18.1 Å². The molecule has 1 aliphatic carbocycles. The van der Waals surface area contributed by atoms with Gasteiger partial charge in [0.1, 0.15) is 5.69 Å². The lowest BCUT2D eigenvalue weighted by atomic mass is 9.80. The van der Waals surface area contributed by atoms with Crippen molar-refractivity contribution in [3.63, 3.8) is 0 Å². The third-order valence-electron chi connectivity index (χ3n) is 4.05. The third kappa shape index (κ3) is 1.87. The van der Waals surface area contributed by atoms with Gasteiger partial charge in [-0.15, -0.1) is 5.53 Å². The van der Waals surface area contributed by atoms with Crippen molar-refractivity contribution >= 4 is 17.5 Å². The lowest BCUT2D eigenvalue weighted by Crippen LogP contribution is -2.53. The number of nitrogens with zero attached hydrogens (tertiary/aromatic N) is 2. The van der Waals surface area contributed by atoms with Crippen LogP contribution in [0.5, 0.6) is 0 Å². The molecule has 108 valence electrons. The smallest absolute Gasteiger partial charge is 0.186 e. The Labute approximate surface area is 116 Å². The predicted octanol–water partition coefficient (Wildman–Crippen LogP) is 2.20. The molecule has 1 aliphatic heterocycles. The van der Waals surface area contributed by atoms with E-state index in [1.807, 2.05) is 0 Å². The van der Waals surface area contributed by atoms with Crippen LogP contribution in [0.2, 0.25) is 0 Å². The number of nitrogens with one attached hydrogen (secondary N) is 1. The van der Waals surface area contributed by atoms with Crippen LogP contribution < -0.4 is 15.6 Å². The average molecular weight is 281 g/mol. The van der Waals surface area contributed by atoms with E-state index in [4.69, 9.17) is 0 Å². The number of benzene rings is 1. The molecule has 1 aromatic carbocycles. The Bertz CT molecular complexity index is 572. The number of fused-ring (bicyclic) bond motifs is 1. The van der Waals surface area contributed by atoms with Crippen molar-refractivity contribution < 1.29 is 13.9 Å². The summed E-state index contributed by atoms with van der Waals surface area (Å²) in [5, 5.41) is 13.3. The second kappa shape index (κ2) is 4.43. The van der Waals surface area contributed by atoms with Gasteiger partial charge in [0.15, 0.2) is 11.6 Å². The lowest BCUT2D eigenvalue weighted by Gasteiger charge is -2.39. The average Bonchev–Trinajstić information content (AvgIpc) is 2.68. The Hall–Kier alpha value is -1.66. The van der Waals surface area contributed by atoms with Gasteiger partial charge >= 0.3 is 0 Å². The van der Waals surface area contributed by atoms with Gasteiger partial charge in [-0.25, -0.2) is 8.78 Å². The molecular formula is C14H17F2N3O. The number of aliphatic hydroxyl groups is 1. The van der Waals surface area contributed by atoms with Crippen molar-refractivity contribution in [2.75, 3.05) is 23.6 Å². The number of rotatable bonds is 3. The molecule has 0 radical (unpaired) electrons. The highest BCUT2D eigenvalue weighted by atomic mass is 19.2. The van der Waals surface area contributed by atoms with Gasteiger partial charge in [0, 0.05) is 12.6 Å². The molecule has 20 heavy (non-hydrogen) atoms. The summed E-state index contributed by atoms with van der Waals surface area (Å²) in [7, 11) is 1.72. The Morgan fingerprint density at radius 2 is 2.15 bits per heavy atom. The molecule has 0 saturated heterocycles. The van der Waals surface area contributed by atoms with E-state index in [1.165, 1.54) is 11.1 Å². The zero-order chi connectivity index (χ0) is 14.5. The van der Waals surface area contributed by atoms with Gasteiger partial charge in [0.25, 0.3) is 0 Å². The fourth-order valence-electron chi connectivity index (χ4n) is 2.72. The molecule has 1 aromatic rings. The molecule has 0 bridgehead atoms. The zero-order valence-corrected chi connectivity index (χ0v) is 11.3. The van der Waals surface area contributed by atoms with Crippen molar-refractivity contribution in [2.45, 2.75) is 24.9 Å². The number of β-amino-alcohol motifs (C(OH)–C–C–N with tert-alkyl or cyclic N) is 1. The molecule has 0 amide bonds. The first-order valence-corrected chi connectivity index (χ1v) is 6.59. The predicted molar refractivity (Wildman–Crippen MR) is 74.1 cm³/mol. The number of hydrazine groups is 2. The monoisotopic (exact) mass is 281 g/mol. The van der Waals surface area contributed by atoms with E-state index in [0.29, 0.717) is 18.5 Å². The SMILES string of the molecule is C=Cc1cc2c(c(F)c1F)N(CC1(O)CCC1)NN2C. The molecular weight excluding hydrogens is 264 g/mol. The van der Waals surface area contributed by atoms with Gasteiger partial charge in [-0.2, -0.15) is 0 Å². The van der Waals surface area contributed by atoms with Crippen molar-refractivity contribution in [3.05, 3.63) is 29.8 Å². The zero-order valence-electron chi connectivity index (χ0n) is 11.3. The highest BCUT2D eigenvalue weighted by Gasteiger charge is 2.40. The Morgan fingerprint density at radius 3 is 2.70 bits per heavy atom. The fraction of sp³-hybridized carbons (Fsp3) is 0.429. The number of hydrogen-bond acceptors (Lipinski definition) is 4. The van der Waals surface area contributed by atoms with Crippen LogP contribution in [0.15, 0.2) is 12.6 Å². The van der Waals surface area contributed by atoms with Gasteiger partial charge in [-0.05, 0) is 25.3 Å². The lowest BCUT2D eigenvalue weighted by molar-refractivity contribution is -0.0269. The van der Waals surface area contributed by atoms with E-state index >= 15 is 0 Å². The highest BCUT2D eigenvalue weighted by Crippen LogP contribution is 2.41. The molecule has 2 aliphatic rings. The molecule has 0 spiro atoms. The van der Waals surface area contributed by atoms with Gasteiger partial charge in [-0.1, -0.05) is 12.7 Å². The molecule has 2 N–H and O–H groups in total. The number of halogens is 2. The van der Waals surface area contributed by atoms with E-state index in [2.05, 4.69) is 12.1 Å².